The number of hydrogen-bond donors (Lipinski definition) is 2. The number of nitrogens with zero attached hydrogens (tertiary/aromatic N) is 3. The Morgan fingerprint density at radius 2 is 1.06 bits per heavy atom. The predicted molar refractivity (Wildman–Crippen MR) is 129 cm³/mol. The van der Waals surface area contributed by atoms with Crippen molar-refractivity contribution in [3.05, 3.63) is 96.1 Å². The zero-order valence-corrected chi connectivity index (χ0v) is 20.7. The van der Waals surface area contributed by atoms with Crippen LogP contribution in [0.4, 0.5) is 0 Å². The number of para-hydroxylation sites is 4. The number of rotatable bonds is 6. The third-order valence-corrected chi connectivity index (χ3v) is 4.87. The van der Waals surface area contributed by atoms with Crippen LogP contribution in [-0.2, 0) is 31.9 Å². The van der Waals surface area contributed by atoms with Gasteiger partial charge in [0.05, 0.1) is 35.2 Å². The van der Waals surface area contributed by atoms with E-state index in [9.17, 15) is 0 Å². The number of aromatic nitrogens is 4. The molecule has 9 heteroatoms. The molecule has 0 aliphatic carbocycles. The second kappa shape index (κ2) is 11.2. The first-order valence-corrected chi connectivity index (χ1v) is 15.7. The number of imidazole rings is 2. The van der Waals surface area contributed by atoms with Gasteiger partial charge in [0.25, 0.3) is 0 Å². The fourth-order valence-electron chi connectivity index (χ4n) is 3.59. The molecule has 2 heterocycles. The van der Waals surface area contributed by atoms with Gasteiger partial charge in [-0.25, -0.2) is 9.97 Å². The van der Waals surface area contributed by atoms with Crippen molar-refractivity contribution in [3.63, 3.8) is 0 Å². The van der Waals surface area contributed by atoms with Crippen LogP contribution in [0.3, 0.4) is 0 Å². The molecule has 0 amide bonds. The average Bonchev–Trinajstić information content (AvgIpc) is 3.36. The molecule has 0 bridgehead atoms. The summed E-state index contributed by atoms with van der Waals surface area (Å²) >= 11 is -1.77. The number of aromatic amines is 2. The molecule has 0 aliphatic rings. The summed E-state index contributed by atoms with van der Waals surface area (Å²) in [6.45, 7) is 2.27. The first kappa shape index (κ1) is 23.2. The Balaban J connectivity index is 0.000000567. The van der Waals surface area contributed by atoms with Crippen LogP contribution < -0.4 is 0 Å². The zero-order chi connectivity index (χ0) is 22.3. The van der Waals surface area contributed by atoms with Crippen molar-refractivity contribution in [2.45, 2.75) is 19.6 Å². The molecule has 2 aromatic heterocycles. The van der Waals surface area contributed by atoms with E-state index in [0.717, 1.165) is 53.3 Å². The average molecular weight is 525 g/mol. The minimum Gasteiger partial charge on any atom is -0.341 e. The molecule has 164 valence electrons. The van der Waals surface area contributed by atoms with Crippen molar-refractivity contribution >= 4 is 51.6 Å². The summed E-state index contributed by atoms with van der Waals surface area (Å²) in [4.78, 5) is 18.7. The van der Waals surface area contributed by atoms with E-state index in [2.05, 4.69) is 51.3 Å². The molecule has 0 aliphatic heterocycles. The monoisotopic (exact) mass is 523 g/mol. The smallest absolute Gasteiger partial charge is 0.121 e. The quantitative estimate of drug-likeness (QED) is 0.260. The van der Waals surface area contributed by atoms with E-state index in [4.69, 9.17) is 39.5 Å². The Morgan fingerprint density at radius 1 is 0.625 bits per heavy atom. The van der Waals surface area contributed by atoms with Crippen LogP contribution in [-0.4, -0.2) is 24.8 Å². The van der Waals surface area contributed by atoms with E-state index in [0.29, 0.717) is 0 Å². The standard InChI is InChI=1S/C23H21N5.3ClH.V/c1-2-8-17(9-3-1)14-28(15-22-24-18-10-4-5-11-19(18)25-22)16-23-26-20-12-6-7-13-21(20)27-23;;;;/h1-13H,14-16H2,(H,24,25)(H,26,27);3*1H;/q;;;;+3/p-3. The third kappa shape index (κ3) is 6.52. The van der Waals surface area contributed by atoms with Crippen molar-refractivity contribution < 1.29 is 12.3 Å². The van der Waals surface area contributed by atoms with Crippen LogP contribution in [0, 0.1) is 0 Å². The summed E-state index contributed by atoms with van der Waals surface area (Å²) in [6.07, 6.45) is 0. The second-order valence-electron chi connectivity index (χ2n) is 7.22. The van der Waals surface area contributed by atoms with Gasteiger partial charge < -0.3 is 9.97 Å². The topological polar surface area (TPSA) is 60.6 Å². The molecule has 5 rings (SSSR count). The van der Waals surface area contributed by atoms with Gasteiger partial charge in [-0.2, -0.15) is 0 Å². The van der Waals surface area contributed by atoms with Crippen LogP contribution in [0.5, 0.6) is 0 Å². The molecule has 5 nitrogen and oxygen atoms in total. The van der Waals surface area contributed by atoms with Crippen molar-refractivity contribution in [3.8, 4) is 0 Å². The van der Waals surface area contributed by atoms with Crippen molar-refractivity contribution in [1.29, 1.82) is 0 Å². The van der Waals surface area contributed by atoms with Crippen molar-refractivity contribution in [2.24, 2.45) is 0 Å². The van der Waals surface area contributed by atoms with E-state index in [-0.39, 0.29) is 0 Å². The summed E-state index contributed by atoms with van der Waals surface area (Å²) in [7, 11) is 14.9. The van der Waals surface area contributed by atoms with Gasteiger partial charge in [-0.05, 0) is 29.8 Å². The van der Waals surface area contributed by atoms with Crippen LogP contribution in [0.2, 0.25) is 0 Å². The fourth-order valence-corrected chi connectivity index (χ4v) is 3.59. The molecular formula is C23H21Cl3N5V. The largest absolute Gasteiger partial charge is 0.341 e. The maximum Gasteiger partial charge on any atom is 0.121 e. The Bertz CT molecular complexity index is 1130. The number of H-pyrrole nitrogens is 2. The SMILES string of the molecule is [Cl][V]([Cl])[Cl].c1ccc(CN(Cc2nc3ccccc3[nH]2)Cc2nc3ccccc3[nH]2)cc1. The fraction of sp³-hybridized carbons (Fsp3) is 0.130. The molecule has 0 atom stereocenters. The zero-order valence-electron chi connectivity index (χ0n) is 17.0. The van der Waals surface area contributed by atoms with E-state index in [1.54, 1.807) is 0 Å². The predicted octanol–water partition coefficient (Wildman–Crippen LogP) is 6.71. The maximum absolute atomic E-state index is 4.95. The first-order chi connectivity index (χ1) is 15.6. The molecular weight excluding hydrogens is 504 g/mol. The van der Waals surface area contributed by atoms with Crippen molar-refractivity contribution in [1.82, 2.24) is 24.8 Å². The summed E-state index contributed by atoms with van der Waals surface area (Å²) in [6, 6.07) is 26.8. The summed E-state index contributed by atoms with van der Waals surface area (Å²) in [5.41, 5.74) is 5.42. The minimum absolute atomic E-state index is 0.723. The third-order valence-electron chi connectivity index (χ3n) is 4.87. The molecule has 2 N–H and O–H groups in total. The van der Waals surface area contributed by atoms with Crippen LogP contribution >= 0.6 is 29.5 Å². The second-order valence-corrected chi connectivity index (χ2v) is 14.1. The number of nitrogens with one attached hydrogen (secondary N) is 2. The van der Waals surface area contributed by atoms with E-state index < -0.39 is 12.3 Å². The molecule has 5 aromatic rings. The molecule has 3 aromatic carbocycles. The van der Waals surface area contributed by atoms with Crippen LogP contribution in [0.1, 0.15) is 17.2 Å². The van der Waals surface area contributed by atoms with E-state index in [1.165, 1.54) is 5.56 Å². The number of fused-ring (bicyclic) bond motifs is 2. The van der Waals surface area contributed by atoms with Crippen molar-refractivity contribution in [2.75, 3.05) is 0 Å². The molecule has 0 spiro atoms. The summed E-state index contributed by atoms with van der Waals surface area (Å²) in [5.74, 6) is 1.93. The van der Waals surface area contributed by atoms with Gasteiger partial charge in [-0.15, -0.1) is 0 Å². The Kier molecular flexibility index (Phi) is 8.14. The minimum atomic E-state index is -1.77. The number of benzene rings is 3. The van der Waals surface area contributed by atoms with Gasteiger partial charge in [-0.3, -0.25) is 4.90 Å². The first-order valence-electron chi connectivity index (χ1n) is 9.98. The maximum atomic E-state index is 4.95. The summed E-state index contributed by atoms with van der Waals surface area (Å²) < 4.78 is 0. The van der Waals surface area contributed by atoms with E-state index >= 15 is 0 Å². The molecule has 0 saturated carbocycles. The van der Waals surface area contributed by atoms with Gasteiger partial charge >= 0.3 is 41.8 Å². The number of halogens is 3. The van der Waals surface area contributed by atoms with Gasteiger partial charge in [0, 0.05) is 6.54 Å². The molecule has 0 fully saturated rings. The molecule has 32 heavy (non-hydrogen) atoms. The Morgan fingerprint density at radius 3 is 1.53 bits per heavy atom. The molecule has 0 unspecified atom stereocenters. The van der Waals surface area contributed by atoms with Gasteiger partial charge in [-0.1, -0.05) is 54.6 Å². The molecule has 0 saturated heterocycles. The number of hydrogen-bond acceptors (Lipinski definition) is 3. The summed E-state index contributed by atoms with van der Waals surface area (Å²) in [5, 5.41) is 0. The molecule has 0 radical (unpaired) electrons. The van der Waals surface area contributed by atoms with E-state index in [1.807, 2.05) is 42.5 Å². The Hall–Kier alpha value is -1.99. The van der Waals surface area contributed by atoms with Gasteiger partial charge in [0.15, 0.2) is 0 Å². The van der Waals surface area contributed by atoms with Crippen LogP contribution in [0.25, 0.3) is 22.1 Å². The Labute approximate surface area is 203 Å². The van der Waals surface area contributed by atoms with Gasteiger partial charge in [0.1, 0.15) is 11.6 Å². The van der Waals surface area contributed by atoms with Gasteiger partial charge in [0.2, 0.25) is 0 Å². The normalized spacial score (nSPS) is 11.3. The van der Waals surface area contributed by atoms with Crippen LogP contribution in [0.15, 0.2) is 78.9 Å².